The molecule has 1 atom stereocenters. The predicted molar refractivity (Wildman–Crippen MR) is 53.1 cm³/mol. The van der Waals surface area contributed by atoms with Gasteiger partial charge in [-0.15, -0.1) is 0 Å². The highest BCUT2D eigenvalue weighted by Crippen LogP contribution is 2.01. The van der Waals surface area contributed by atoms with Crippen LogP contribution in [0, 0.1) is 0 Å². The Balaban J connectivity index is 3.69. The second-order valence-electron chi connectivity index (χ2n) is 2.20. The van der Waals surface area contributed by atoms with Crippen LogP contribution in [-0.2, 0) is 9.59 Å². The molecule has 0 bridgehead atoms. The molecule has 0 aliphatic rings. The molecule has 7 heteroatoms. The third-order valence-electron chi connectivity index (χ3n) is 1.14. The summed E-state index contributed by atoms with van der Waals surface area (Å²) < 4.78 is 2.54. The van der Waals surface area contributed by atoms with Crippen molar-refractivity contribution in [3.63, 3.8) is 0 Å². The van der Waals surface area contributed by atoms with Gasteiger partial charge in [-0.25, -0.2) is 4.72 Å². The van der Waals surface area contributed by atoms with Crippen molar-refractivity contribution in [3.8, 4) is 0 Å². The number of carboxylic acid groups (broad SMARTS) is 2. The largest absolute Gasteiger partial charge is 0.481 e. The molecule has 0 fully saturated rings. The maximum absolute atomic E-state index is 10.5. The fourth-order valence-electron chi connectivity index (χ4n) is 0.566. The maximum Gasteiger partial charge on any atom is 0.321 e. The van der Waals surface area contributed by atoms with Crippen LogP contribution in [0.3, 0.4) is 0 Å². The Hall–Kier alpha value is -0.400. The zero-order chi connectivity index (χ0) is 10.3. The standard InChI is InChI=1S/C6H11NO4S2/c8-5(9)3-13-7-4(1-2-12)6(10)11/h4,7,12H,1-3H2,(H,8,9)(H,10,11)/t4-/m0/s1. The third-order valence-corrected chi connectivity index (χ3v) is 2.24. The molecule has 76 valence electrons. The minimum absolute atomic E-state index is 0.156. The Morgan fingerprint density at radius 1 is 1.46 bits per heavy atom. The number of nitrogens with one attached hydrogen (secondary N) is 1. The van der Waals surface area contributed by atoms with Gasteiger partial charge in [0.2, 0.25) is 0 Å². The summed E-state index contributed by atoms with van der Waals surface area (Å²) in [6, 6.07) is -0.734. The number of hydrogen-bond acceptors (Lipinski definition) is 5. The number of aliphatic carboxylic acids is 2. The van der Waals surface area contributed by atoms with Gasteiger partial charge in [-0.3, -0.25) is 9.59 Å². The van der Waals surface area contributed by atoms with Crippen LogP contribution in [0.15, 0.2) is 0 Å². The van der Waals surface area contributed by atoms with E-state index in [2.05, 4.69) is 17.4 Å². The minimum Gasteiger partial charge on any atom is -0.481 e. The van der Waals surface area contributed by atoms with Crippen LogP contribution < -0.4 is 4.72 Å². The fourth-order valence-corrected chi connectivity index (χ4v) is 1.45. The minimum atomic E-state index is -0.994. The topological polar surface area (TPSA) is 86.6 Å². The molecule has 0 aromatic rings. The SMILES string of the molecule is O=C(O)CSN[C@@H](CCS)C(=O)O. The molecule has 3 N–H and O–H groups in total. The second-order valence-corrected chi connectivity index (χ2v) is 3.46. The van der Waals surface area contributed by atoms with Crippen LogP contribution in [0.5, 0.6) is 0 Å². The molecular weight excluding hydrogens is 214 g/mol. The van der Waals surface area contributed by atoms with Crippen molar-refractivity contribution in [3.05, 3.63) is 0 Å². The van der Waals surface area contributed by atoms with E-state index in [1.54, 1.807) is 0 Å². The summed E-state index contributed by atoms with van der Waals surface area (Å²) in [6.07, 6.45) is 0.366. The molecule has 0 aromatic carbocycles. The average Bonchev–Trinajstić information content (AvgIpc) is 2.02. The normalized spacial score (nSPS) is 12.4. The van der Waals surface area contributed by atoms with Crippen LogP contribution in [0.25, 0.3) is 0 Å². The Labute approximate surface area is 85.4 Å². The number of hydrogen-bond donors (Lipinski definition) is 4. The Bertz CT molecular complexity index is 187. The fraction of sp³-hybridized carbons (Fsp3) is 0.667. The van der Waals surface area contributed by atoms with Gasteiger partial charge >= 0.3 is 11.9 Å². The van der Waals surface area contributed by atoms with Crippen LogP contribution in [0.1, 0.15) is 6.42 Å². The van der Waals surface area contributed by atoms with Crippen LogP contribution in [0.2, 0.25) is 0 Å². The molecule has 0 amide bonds. The Kier molecular flexibility index (Phi) is 6.83. The van der Waals surface area contributed by atoms with Crippen molar-refractivity contribution in [2.75, 3.05) is 11.5 Å². The molecule has 13 heavy (non-hydrogen) atoms. The van der Waals surface area contributed by atoms with E-state index in [0.29, 0.717) is 12.2 Å². The third kappa shape index (κ3) is 6.73. The van der Waals surface area contributed by atoms with E-state index < -0.39 is 18.0 Å². The zero-order valence-electron chi connectivity index (χ0n) is 6.77. The van der Waals surface area contributed by atoms with Gasteiger partial charge in [0.15, 0.2) is 0 Å². The molecule has 0 aliphatic carbocycles. The highest BCUT2D eigenvalue weighted by molar-refractivity contribution is 7.98. The lowest BCUT2D eigenvalue weighted by Gasteiger charge is -2.10. The lowest BCUT2D eigenvalue weighted by atomic mass is 10.2. The van der Waals surface area contributed by atoms with E-state index in [1.807, 2.05) is 0 Å². The van der Waals surface area contributed by atoms with Crippen molar-refractivity contribution < 1.29 is 19.8 Å². The smallest absolute Gasteiger partial charge is 0.321 e. The van der Waals surface area contributed by atoms with Gasteiger partial charge in [-0.2, -0.15) is 12.6 Å². The first-order valence-electron chi connectivity index (χ1n) is 3.50. The summed E-state index contributed by atoms with van der Waals surface area (Å²) in [6.45, 7) is 0. The second kappa shape index (κ2) is 7.05. The van der Waals surface area contributed by atoms with Crippen LogP contribution >= 0.6 is 24.6 Å². The highest BCUT2D eigenvalue weighted by atomic mass is 32.2. The molecule has 0 aliphatic heterocycles. The Morgan fingerprint density at radius 2 is 2.08 bits per heavy atom. The van der Waals surface area contributed by atoms with Crippen molar-refractivity contribution in [1.82, 2.24) is 4.72 Å². The predicted octanol–water partition coefficient (Wildman–Crippen LogP) is 0.0819. The first-order valence-corrected chi connectivity index (χ1v) is 5.12. The van der Waals surface area contributed by atoms with E-state index in [0.717, 1.165) is 11.9 Å². The van der Waals surface area contributed by atoms with Crippen molar-refractivity contribution in [2.45, 2.75) is 12.5 Å². The van der Waals surface area contributed by atoms with Crippen molar-refractivity contribution in [1.29, 1.82) is 0 Å². The van der Waals surface area contributed by atoms with Gasteiger partial charge in [-0.05, 0) is 12.2 Å². The van der Waals surface area contributed by atoms with E-state index in [1.165, 1.54) is 0 Å². The maximum atomic E-state index is 10.5. The Morgan fingerprint density at radius 3 is 2.46 bits per heavy atom. The molecule has 0 radical (unpaired) electrons. The van der Waals surface area contributed by atoms with E-state index >= 15 is 0 Å². The molecule has 0 unspecified atom stereocenters. The number of carbonyl (C=O) groups is 2. The summed E-state index contributed by atoms with van der Waals surface area (Å²) in [5.41, 5.74) is 0. The molecule has 0 saturated carbocycles. The van der Waals surface area contributed by atoms with Gasteiger partial charge in [0.25, 0.3) is 0 Å². The molecule has 5 nitrogen and oxygen atoms in total. The van der Waals surface area contributed by atoms with Crippen LogP contribution in [-0.4, -0.2) is 39.7 Å². The first kappa shape index (κ1) is 12.6. The lowest BCUT2D eigenvalue weighted by Crippen LogP contribution is -2.33. The molecule has 0 saturated heterocycles. The zero-order valence-corrected chi connectivity index (χ0v) is 8.48. The lowest BCUT2D eigenvalue weighted by molar-refractivity contribution is -0.139. The highest BCUT2D eigenvalue weighted by Gasteiger charge is 2.15. The van der Waals surface area contributed by atoms with Gasteiger partial charge in [-0.1, -0.05) is 11.9 Å². The monoisotopic (exact) mass is 225 g/mol. The number of thiol groups is 1. The summed E-state index contributed by atoms with van der Waals surface area (Å²) in [5.74, 6) is -1.69. The van der Waals surface area contributed by atoms with Crippen molar-refractivity contribution in [2.24, 2.45) is 0 Å². The van der Waals surface area contributed by atoms with Gasteiger partial charge in [0, 0.05) is 0 Å². The summed E-state index contributed by atoms with van der Waals surface area (Å²) in [4.78, 5) is 20.6. The first-order chi connectivity index (χ1) is 6.07. The summed E-state index contributed by atoms with van der Waals surface area (Å²) in [5, 5.41) is 16.9. The molecule has 0 spiro atoms. The molecular formula is C6H11NO4S2. The van der Waals surface area contributed by atoms with Gasteiger partial charge in [0.1, 0.15) is 11.8 Å². The quantitative estimate of drug-likeness (QED) is 0.363. The molecule has 0 aromatic heterocycles. The van der Waals surface area contributed by atoms with Crippen LogP contribution in [0.4, 0.5) is 0 Å². The number of rotatable bonds is 7. The summed E-state index contributed by atoms with van der Waals surface area (Å²) in [7, 11) is 0. The van der Waals surface area contributed by atoms with E-state index in [-0.39, 0.29) is 5.75 Å². The van der Waals surface area contributed by atoms with Gasteiger partial charge < -0.3 is 10.2 Å². The molecule has 0 rings (SSSR count). The average molecular weight is 225 g/mol. The van der Waals surface area contributed by atoms with E-state index in [4.69, 9.17) is 10.2 Å². The number of carboxylic acids is 2. The molecule has 0 heterocycles. The summed E-state index contributed by atoms with van der Waals surface area (Å²) >= 11 is 4.76. The van der Waals surface area contributed by atoms with Gasteiger partial charge in [0.05, 0.1) is 0 Å². The van der Waals surface area contributed by atoms with E-state index in [9.17, 15) is 9.59 Å². The van der Waals surface area contributed by atoms with Crippen molar-refractivity contribution >= 4 is 36.5 Å².